The van der Waals surface area contributed by atoms with Crippen molar-refractivity contribution < 1.29 is 14.5 Å². The summed E-state index contributed by atoms with van der Waals surface area (Å²) < 4.78 is 0. The molecule has 0 aromatic rings. The number of piperidine rings is 1. The Bertz CT molecular complexity index is 392. The maximum Gasteiger partial charge on any atom is 0.225 e. The number of carbonyl (C=O) groups is 2. The lowest BCUT2D eigenvalue weighted by Crippen LogP contribution is -3.13. The highest BCUT2D eigenvalue weighted by molar-refractivity contribution is 5.89. The van der Waals surface area contributed by atoms with Gasteiger partial charge < -0.3 is 15.1 Å². The lowest BCUT2D eigenvalue weighted by Gasteiger charge is -2.27. The smallest absolute Gasteiger partial charge is 0.225 e. The average molecular weight is 324 g/mol. The molecule has 0 aromatic heterocycles. The maximum absolute atomic E-state index is 12.2. The zero-order valence-corrected chi connectivity index (χ0v) is 14.9. The summed E-state index contributed by atoms with van der Waals surface area (Å²) in [6.07, 6.45) is 6.20. The first-order valence-electron chi connectivity index (χ1n) is 9.49. The van der Waals surface area contributed by atoms with Crippen LogP contribution in [0.2, 0.25) is 0 Å². The minimum absolute atomic E-state index is 0.0691. The van der Waals surface area contributed by atoms with Crippen molar-refractivity contribution in [2.75, 3.05) is 39.3 Å². The van der Waals surface area contributed by atoms with Gasteiger partial charge in [-0.25, -0.2) is 0 Å². The standard InChI is InChI=1S/C18H33N3O2/c1-3-4-10-21-14-16(13-17(21)22)18(23)19-8-5-9-20-11-6-15(2)7-12-20/h15-16H,3-14H2,1-2H3,(H,19,23)/p+1. The van der Waals surface area contributed by atoms with E-state index in [0.717, 1.165) is 44.8 Å². The van der Waals surface area contributed by atoms with Crippen LogP contribution in [0.1, 0.15) is 52.4 Å². The van der Waals surface area contributed by atoms with Gasteiger partial charge in [-0.15, -0.1) is 0 Å². The number of nitrogens with one attached hydrogen (secondary N) is 2. The van der Waals surface area contributed by atoms with Gasteiger partial charge in [0.05, 0.1) is 25.6 Å². The van der Waals surface area contributed by atoms with Crippen LogP contribution in [0, 0.1) is 11.8 Å². The fourth-order valence-electron chi connectivity index (χ4n) is 3.63. The molecule has 0 aromatic carbocycles. The van der Waals surface area contributed by atoms with Gasteiger partial charge in [0.25, 0.3) is 0 Å². The summed E-state index contributed by atoms with van der Waals surface area (Å²) >= 11 is 0. The second-order valence-corrected chi connectivity index (χ2v) is 7.42. The summed E-state index contributed by atoms with van der Waals surface area (Å²) in [4.78, 5) is 27.6. The Balaban J connectivity index is 1.59. The van der Waals surface area contributed by atoms with Crippen molar-refractivity contribution in [3.8, 4) is 0 Å². The Labute approximate surface area is 140 Å². The Morgan fingerprint density at radius 3 is 2.74 bits per heavy atom. The molecule has 2 aliphatic heterocycles. The Kier molecular flexibility index (Phi) is 7.34. The van der Waals surface area contributed by atoms with Crippen molar-refractivity contribution in [3.63, 3.8) is 0 Å². The van der Waals surface area contributed by atoms with Gasteiger partial charge in [0.2, 0.25) is 11.8 Å². The van der Waals surface area contributed by atoms with Crippen molar-refractivity contribution in [2.24, 2.45) is 11.8 Å². The van der Waals surface area contributed by atoms with Crippen LogP contribution in [0.5, 0.6) is 0 Å². The molecule has 5 nitrogen and oxygen atoms in total. The van der Waals surface area contributed by atoms with Crippen molar-refractivity contribution in [2.45, 2.75) is 52.4 Å². The molecule has 23 heavy (non-hydrogen) atoms. The second-order valence-electron chi connectivity index (χ2n) is 7.42. The molecule has 2 amide bonds. The third-order valence-electron chi connectivity index (χ3n) is 5.35. The molecule has 0 aliphatic carbocycles. The lowest BCUT2D eigenvalue weighted by atomic mass is 9.99. The van der Waals surface area contributed by atoms with Gasteiger partial charge in [0.1, 0.15) is 0 Å². The van der Waals surface area contributed by atoms with Crippen molar-refractivity contribution in [3.05, 3.63) is 0 Å². The Morgan fingerprint density at radius 1 is 1.30 bits per heavy atom. The van der Waals surface area contributed by atoms with Gasteiger partial charge >= 0.3 is 0 Å². The predicted molar refractivity (Wildman–Crippen MR) is 91.2 cm³/mol. The Hall–Kier alpha value is -1.10. The first-order valence-corrected chi connectivity index (χ1v) is 9.49. The summed E-state index contributed by atoms with van der Waals surface area (Å²) in [6.45, 7) is 10.3. The predicted octanol–water partition coefficient (Wildman–Crippen LogP) is 0.456. The van der Waals surface area contributed by atoms with Crippen molar-refractivity contribution in [1.82, 2.24) is 10.2 Å². The third-order valence-corrected chi connectivity index (χ3v) is 5.35. The van der Waals surface area contributed by atoms with Gasteiger partial charge in [-0.05, 0) is 25.2 Å². The molecule has 2 heterocycles. The fourth-order valence-corrected chi connectivity index (χ4v) is 3.63. The number of amides is 2. The maximum atomic E-state index is 12.2. The molecule has 2 saturated heterocycles. The van der Waals surface area contributed by atoms with E-state index in [1.807, 2.05) is 4.90 Å². The monoisotopic (exact) mass is 324 g/mol. The first-order chi connectivity index (χ1) is 11.1. The number of likely N-dealkylation sites (tertiary alicyclic amines) is 2. The number of unbranched alkanes of at least 4 members (excludes halogenated alkanes) is 1. The van der Waals surface area contributed by atoms with Gasteiger partial charge in [0, 0.05) is 32.5 Å². The molecule has 2 fully saturated rings. The zero-order chi connectivity index (χ0) is 16.7. The molecule has 1 atom stereocenters. The minimum Gasteiger partial charge on any atom is -0.356 e. The van der Waals surface area contributed by atoms with Crippen LogP contribution in [0.4, 0.5) is 0 Å². The molecular formula is C18H34N3O2+. The van der Waals surface area contributed by atoms with E-state index in [-0.39, 0.29) is 17.7 Å². The highest BCUT2D eigenvalue weighted by Gasteiger charge is 2.33. The topological polar surface area (TPSA) is 53.9 Å². The summed E-state index contributed by atoms with van der Waals surface area (Å²) in [5, 5.41) is 3.04. The van der Waals surface area contributed by atoms with Crippen LogP contribution in [0.3, 0.4) is 0 Å². The van der Waals surface area contributed by atoms with E-state index >= 15 is 0 Å². The molecule has 0 radical (unpaired) electrons. The molecule has 2 N–H and O–H groups in total. The molecule has 0 spiro atoms. The quantitative estimate of drug-likeness (QED) is 0.637. The molecule has 1 unspecified atom stereocenters. The van der Waals surface area contributed by atoms with E-state index in [9.17, 15) is 9.59 Å². The summed E-state index contributed by atoms with van der Waals surface area (Å²) in [5.74, 6) is 0.960. The molecule has 2 aliphatic rings. The van der Waals surface area contributed by atoms with Crippen LogP contribution < -0.4 is 10.2 Å². The Morgan fingerprint density at radius 2 is 2.04 bits per heavy atom. The largest absolute Gasteiger partial charge is 0.356 e. The lowest BCUT2D eigenvalue weighted by molar-refractivity contribution is -0.906. The van der Waals surface area contributed by atoms with E-state index < -0.39 is 0 Å². The number of hydrogen-bond acceptors (Lipinski definition) is 2. The fraction of sp³-hybridized carbons (Fsp3) is 0.889. The van der Waals surface area contributed by atoms with Crippen LogP contribution >= 0.6 is 0 Å². The van der Waals surface area contributed by atoms with E-state index in [0.29, 0.717) is 13.0 Å². The first kappa shape index (κ1) is 18.2. The molecule has 132 valence electrons. The molecule has 2 rings (SSSR count). The van der Waals surface area contributed by atoms with Crippen molar-refractivity contribution >= 4 is 11.8 Å². The molecule has 0 saturated carbocycles. The van der Waals surface area contributed by atoms with Crippen molar-refractivity contribution in [1.29, 1.82) is 0 Å². The number of hydrogen-bond donors (Lipinski definition) is 2. The number of carbonyl (C=O) groups excluding carboxylic acids is 2. The number of rotatable bonds is 8. The summed E-state index contributed by atoms with van der Waals surface area (Å²) in [5.41, 5.74) is 0. The van der Waals surface area contributed by atoms with Gasteiger partial charge in [-0.1, -0.05) is 20.3 Å². The van der Waals surface area contributed by atoms with Crippen LogP contribution in [0.25, 0.3) is 0 Å². The molecule has 5 heteroatoms. The second kappa shape index (κ2) is 9.26. The highest BCUT2D eigenvalue weighted by atomic mass is 16.2. The minimum atomic E-state index is -0.137. The van der Waals surface area contributed by atoms with E-state index in [1.165, 1.54) is 25.9 Å². The van der Waals surface area contributed by atoms with Crippen LogP contribution in [0.15, 0.2) is 0 Å². The summed E-state index contributed by atoms with van der Waals surface area (Å²) in [6, 6.07) is 0. The van der Waals surface area contributed by atoms with E-state index in [4.69, 9.17) is 0 Å². The summed E-state index contributed by atoms with van der Waals surface area (Å²) in [7, 11) is 0. The normalized spacial score (nSPS) is 28.2. The SMILES string of the molecule is CCCCN1CC(C(=O)NCCC[NH+]2CCC(C)CC2)CC1=O. The van der Waals surface area contributed by atoms with Crippen LogP contribution in [-0.2, 0) is 9.59 Å². The zero-order valence-electron chi connectivity index (χ0n) is 14.9. The van der Waals surface area contributed by atoms with E-state index in [2.05, 4.69) is 19.2 Å². The third kappa shape index (κ3) is 5.79. The highest BCUT2D eigenvalue weighted by Crippen LogP contribution is 2.18. The number of quaternary nitrogens is 1. The molecular weight excluding hydrogens is 290 g/mol. The molecule has 0 bridgehead atoms. The van der Waals surface area contributed by atoms with Gasteiger partial charge in [-0.2, -0.15) is 0 Å². The van der Waals surface area contributed by atoms with Crippen LogP contribution in [-0.4, -0.2) is 56.0 Å². The number of nitrogens with zero attached hydrogens (tertiary/aromatic N) is 1. The average Bonchev–Trinajstić information content (AvgIpc) is 2.92. The van der Waals surface area contributed by atoms with Gasteiger partial charge in [-0.3, -0.25) is 9.59 Å². The van der Waals surface area contributed by atoms with Gasteiger partial charge in [0.15, 0.2) is 0 Å². The van der Waals surface area contributed by atoms with E-state index in [1.54, 1.807) is 4.90 Å².